The fourth-order valence-electron chi connectivity index (χ4n) is 0.338. The van der Waals surface area contributed by atoms with Crippen molar-refractivity contribution < 1.29 is 9.72 Å². The molecule has 2 N–H and O–H groups in total. The lowest BCUT2D eigenvalue weighted by Crippen LogP contribution is -2.19. The minimum Gasteiger partial charge on any atom is -0.360 e. The summed E-state index contributed by atoms with van der Waals surface area (Å²) in [4.78, 5) is 19.1. The van der Waals surface area contributed by atoms with E-state index >= 15 is 0 Å². The lowest BCUT2D eigenvalue weighted by molar-refractivity contribution is -0.418. The molecule has 5 nitrogen and oxygen atoms in total. The molecular formula is C4H6N2O3. The number of hydrogen-bond donors (Lipinski definition) is 1. The third-order valence-corrected chi connectivity index (χ3v) is 0.723. The van der Waals surface area contributed by atoms with Crippen molar-refractivity contribution in [3.8, 4) is 0 Å². The monoisotopic (exact) mass is 130 g/mol. The highest BCUT2D eigenvalue weighted by Gasteiger charge is 2.14. The van der Waals surface area contributed by atoms with Gasteiger partial charge >= 0.3 is 11.6 Å². The first-order valence-electron chi connectivity index (χ1n) is 2.20. The molecule has 5 heteroatoms. The molecule has 0 heterocycles. The number of nitrogens with two attached hydrogens (primary N) is 1. The number of allylic oxidation sites excluding steroid dienone is 1. The maximum atomic E-state index is 10.1. The van der Waals surface area contributed by atoms with Gasteiger partial charge in [-0.1, -0.05) is 0 Å². The number of carbonyl (C=O) groups excluding carboxylic acids is 1. The maximum absolute atomic E-state index is 10.1. The molecule has 0 saturated heterocycles. The second-order valence-corrected chi connectivity index (χ2v) is 1.30. The summed E-state index contributed by atoms with van der Waals surface area (Å²) in [6.07, 6.45) is 1.06. The molecule has 0 rings (SSSR count). The number of rotatable bonds is 2. The van der Waals surface area contributed by atoms with Crippen LogP contribution in [0.3, 0.4) is 0 Å². The van der Waals surface area contributed by atoms with E-state index in [1.54, 1.807) is 0 Å². The van der Waals surface area contributed by atoms with Gasteiger partial charge in [0.2, 0.25) is 0 Å². The smallest absolute Gasteiger partial charge is 0.329 e. The molecule has 0 spiro atoms. The first kappa shape index (κ1) is 7.61. The van der Waals surface area contributed by atoms with Crippen LogP contribution in [0.15, 0.2) is 11.8 Å². The van der Waals surface area contributed by atoms with Gasteiger partial charge in [0.25, 0.3) is 0 Å². The van der Waals surface area contributed by atoms with Gasteiger partial charge in [-0.05, 0) is 13.0 Å². The molecule has 0 aromatic carbocycles. The van der Waals surface area contributed by atoms with Crippen LogP contribution < -0.4 is 5.73 Å². The highest BCUT2D eigenvalue weighted by Crippen LogP contribution is 1.91. The van der Waals surface area contributed by atoms with E-state index in [0.29, 0.717) is 0 Å². The van der Waals surface area contributed by atoms with Gasteiger partial charge in [0, 0.05) is 0 Å². The van der Waals surface area contributed by atoms with Gasteiger partial charge in [0.05, 0.1) is 4.92 Å². The Morgan fingerprint density at radius 2 is 2.22 bits per heavy atom. The predicted molar refractivity (Wildman–Crippen MR) is 29.9 cm³/mol. The van der Waals surface area contributed by atoms with Crippen LogP contribution in [-0.2, 0) is 4.79 Å². The fourth-order valence-corrected chi connectivity index (χ4v) is 0.338. The Kier molecular flexibility index (Phi) is 2.37. The van der Waals surface area contributed by atoms with E-state index in [4.69, 9.17) is 0 Å². The number of carbonyl (C=O) groups is 1. The second-order valence-electron chi connectivity index (χ2n) is 1.30. The molecule has 0 aliphatic rings. The minimum atomic E-state index is -1.01. The van der Waals surface area contributed by atoms with E-state index in [2.05, 4.69) is 5.73 Å². The predicted octanol–water partition coefficient (Wildman–Crippen LogP) is -0.348. The van der Waals surface area contributed by atoms with E-state index in [0.717, 1.165) is 6.08 Å². The molecule has 0 bridgehead atoms. The third-order valence-electron chi connectivity index (χ3n) is 0.723. The molecular weight excluding hydrogens is 124 g/mol. The minimum absolute atomic E-state index is 0.574. The van der Waals surface area contributed by atoms with Crippen LogP contribution in [0.1, 0.15) is 6.92 Å². The molecule has 0 aliphatic carbocycles. The van der Waals surface area contributed by atoms with Crippen molar-refractivity contribution in [3.05, 3.63) is 21.9 Å². The summed E-state index contributed by atoms with van der Waals surface area (Å²) in [5, 5.41) is 9.81. The van der Waals surface area contributed by atoms with Crippen molar-refractivity contribution in [2.24, 2.45) is 5.73 Å². The van der Waals surface area contributed by atoms with Crippen LogP contribution in [0.25, 0.3) is 0 Å². The summed E-state index contributed by atoms with van der Waals surface area (Å²) in [7, 11) is 0. The highest BCUT2D eigenvalue weighted by molar-refractivity contribution is 5.89. The summed E-state index contributed by atoms with van der Waals surface area (Å²) in [5.74, 6) is -1.01. The average Bonchev–Trinajstić information content (AvgIpc) is 1.64. The zero-order valence-electron chi connectivity index (χ0n) is 4.83. The number of primary amides is 1. The van der Waals surface area contributed by atoms with E-state index in [9.17, 15) is 14.9 Å². The molecule has 0 aromatic heterocycles. The quantitative estimate of drug-likeness (QED) is 0.315. The molecule has 0 fully saturated rings. The normalized spacial score (nSPS) is 11.0. The first-order valence-corrected chi connectivity index (χ1v) is 2.20. The van der Waals surface area contributed by atoms with Gasteiger partial charge in [-0.15, -0.1) is 0 Å². The zero-order valence-corrected chi connectivity index (χ0v) is 4.83. The molecule has 9 heavy (non-hydrogen) atoms. The first-order chi connectivity index (χ1) is 4.09. The Hall–Kier alpha value is -1.39. The fraction of sp³-hybridized carbons (Fsp3) is 0.250. The molecule has 1 amide bonds. The van der Waals surface area contributed by atoms with E-state index in [1.165, 1.54) is 6.92 Å². The molecule has 50 valence electrons. The summed E-state index contributed by atoms with van der Waals surface area (Å²) < 4.78 is 0. The molecule has 0 unspecified atom stereocenters. The van der Waals surface area contributed by atoms with Crippen LogP contribution >= 0.6 is 0 Å². The zero-order chi connectivity index (χ0) is 7.44. The van der Waals surface area contributed by atoms with Gasteiger partial charge in [-0.3, -0.25) is 14.9 Å². The lowest BCUT2D eigenvalue weighted by Gasteiger charge is -1.87. The van der Waals surface area contributed by atoms with E-state index in [1.807, 2.05) is 0 Å². The number of amides is 1. The summed E-state index contributed by atoms with van der Waals surface area (Å²) in [6.45, 7) is 1.38. The van der Waals surface area contributed by atoms with Gasteiger partial charge in [0.1, 0.15) is 0 Å². The molecule has 0 radical (unpaired) electrons. The van der Waals surface area contributed by atoms with Crippen LogP contribution in [0.5, 0.6) is 0 Å². The average molecular weight is 130 g/mol. The summed E-state index contributed by atoms with van der Waals surface area (Å²) >= 11 is 0. The SMILES string of the molecule is CC=C(C(N)=O)[N+](=O)[O-]. The standard InChI is InChI=1S/C4H6N2O3/c1-2-3(4(5)7)6(8)9/h2H,1H3,(H2,5,7). The highest BCUT2D eigenvalue weighted by atomic mass is 16.6. The van der Waals surface area contributed by atoms with Crippen LogP contribution in [0, 0.1) is 10.1 Å². The Morgan fingerprint density at radius 3 is 2.22 bits per heavy atom. The Labute approximate surface area is 51.3 Å². The van der Waals surface area contributed by atoms with Crippen molar-refractivity contribution in [2.75, 3.05) is 0 Å². The van der Waals surface area contributed by atoms with Gasteiger partial charge in [-0.25, -0.2) is 0 Å². The Balaban J connectivity index is 4.38. The van der Waals surface area contributed by atoms with Crippen molar-refractivity contribution in [3.63, 3.8) is 0 Å². The lowest BCUT2D eigenvalue weighted by atomic mass is 10.4. The second kappa shape index (κ2) is 2.81. The van der Waals surface area contributed by atoms with E-state index < -0.39 is 16.5 Å². The summed E-state index contributed by atoms with van der Waals surface area (Å²) in [5.41, 5.74) is 4.03. The molecule has 0 saturated carbocycles. The van der Waals surface area contributed by atoms with Crippen molar-refractivity contribution in [1.29, 1.82) is 0 Å². The number of nitrogens with zero attached hydrogens (tertiary/aromatic N) is 1. The Morgan fingerprint density at radius 1 is 1.78 bits per heavy atom. The molecule has 0 atom stereocenters. The van der Waals surface area contributed by atoms with Gasteiger partial charge < -0.3 is 5.73 Å². The Bertz CT molecular complexity index is 157. The van der Waals surface area contributed by atoms with Crippen LogP contribution in [0.2, 0.25) is 0 Å². The third kappa shape index (κ3) is 1.89. The largest absolute Gasteiger partial charge is 0.360 e. The van der Waals surface area contributed by atoms with Gasteiger partial charge in [-0.2, -0.15) is 0 Å². The molecule has 0 aromatic rings. The number of nitro groups is 1. The molecule has 0 aliphatic heterocycles. The van der Waals surface area contributed by atoms with Gasteiger partial charge in [0.15, 0.2) is 0 Å². The van der Waals surface area contributed by atoms with Crippen LogP contribution in [-0.4, -0.2) is 10.8 Å². The number of hydrogen-bond acceptors (Lipinski definition) is 3. The van der Waals surface area contributed by atoms with Crippen LogP contribution in [0.4, 0.5) is 0 Å². The van der Waals surface area contributed by atoms with E-state index in [-0.39, 0.29) is 0 Å². The summed E-state index contributed by atoms with van der Waals surface area (Å²) in [6, 6.07) is 0. The van der Waals surface area contributed by atoms with Crippen molar-refractivity contribution >= 4 is 5.91 Å². The maximum Gasteiger partial charge on any atom is 0.329 e. The topological polar surface area (TPSA) is 86.2 Å². The van der Waals surface area contributed by atoms with Crippen molar-refractivity contribution in [1.82, 2.24) is 0 Å². The van der Waals surface area contributed by atoms with Crippen molar-refractivity contribution in [2.45, 2.75) is 6.92 Å².